The average Bonchev–Trinajstić information content (AvgIpc) is 1.41. The van der Waals surface area contributed by atoms with Crippen LogP contribution < -0.4 is 0 Å². The van der Waals surface area contributed by atoms with E-state index in [9.17, 15) is 0 Å². The highest BCUT2D eigenvalue weighted by Crippen LogP contribution is 1.65. The van der Waals surface area contributed by atoms with Crippen molar-refractivity contribution in [3.8, 4) is 0 Å². The van der Waals surface area contributed by atoms with Crippen molar-refractivity contribution >= 4 is 19.0 Å². The van der Waals surface area contributed by atoms with Gasteiger partial charge in [0, 0.05) is 6.21 Å². The van der Waals surface area contributed by atoms with E-state index in [0.717, 1.165) is 0 Å². The van der Waals surface area contributed by atoms with E-state index in [2.05, 4.69) is 23.8 Å². The minimum atomic E-state index is 1.50. The van der Waals surface area contributed by atoms with E-state index in [1.807, 2.05) is 0 Å². The Labute approximate surface area is 37.0 Å². The van der Waals surface area contributed by atoms with Gasteiger partial charge in [-0.2, -0.15) is 0 Å². The third-order valence-corrected chi connectivity index (χ3v) is 0.305. The first-order valence-electron chi connectivity index (χ1n) is 1.20. The van der Waals surface area contributed by atoms with Gasteiger partial charge in [-0.15, -0.1) is 0 Å². The lowest BCUT2D eigenvalue weighted by atomic mass is 10.7. The SMILES string of the molecule is C=CC=NS. The Hall–Kier alpha value is -0.240. The van der Waals surface area contributed by atoms with Crippen LogP contribution in [0.3, 0.4) is 0 Å². The molecule has 0 saturated carbocycles. The summed E-state index contributed by atoms with van der Waals surface area (Å²) >= 11 is 3.50. The zero-order valence-electron chi connectivity index (χ0n) is 2.76. The number of rotatable bonds is 1. The molecule has 5 heavy (non-hydrogen) atoms. The number of hydrogen-bond donors (Lipinski definition) is 1. The predicted molar refractivity (Wildman–Crippen MR) is 27.7 cm³/mol. The van der Waals surface area contributed by atoms with Gasteiger partial charge in [0.2, 0.25) is 0 Å². The number of thiol groups is 1. The molecule has 0 aliphatic rings. The zero-order chi connectivity index (χ0) is 4.12. The van der Waals surface area contributed by atoms with E-state index in [4.69, 9.17) is 0 Å². The predicted octanol–water partition coefficient (Wildman–Crippen LogP) is 1.09. The van der Waals surface area contributed by atoms with Gasteiger partial charge in [0.1, 0.15) is 0 Å². The smallest absolute Gasteiger partial charge is 0.0342 e. The second-order valence-corrected chi connectivity index (χ2v) is 0.731. The third-order valence-electron chi connectivity index (χ3n) is 0.172. The second kappa shape index (κ2) is 3.76. The van der Waals surface area contributed by atoms with Crippen LogP contribution in [0.4, 0.5) is 0 Å². The van der Waals surface area contributed by atoms with Gasteiger partial charge in [0.25, 0.3) is 0 Å². The first-order valence-corrected chi connectivity index (χ1v) is 1.60. The highest BCUT2D eigenvalue weighted by atomic mass is 32.1. The van der Waals surface area contributed by atoms with Crippen LogP contribution >= 0.6 is 12.8 Å². The molecule has 0 N–H and O–H groups in total. The van der Waals surface area contributed by atoms with Crippen molar-refractivity contribution in [1.82, 2.24) is 0 Å². The fourth-order valence-electron chi connectivity index (χ4n) is 0.0471. The summed E-state index contributed by atoms with van der Waals surface area (Å²) < 4.78 is 3.31. The quantitative estimate of drug-likeness (QED) is 0.363. The lowest BCUT2D eigenvalue weighted by Gasteiger charge is -1.56. The van der Waals surface area contributed by atoms with Gasteiger partial charge in [-0.3, -0.25) is 0 Å². The van der Waals surface area contributed by atoms with E-state index in [0.29, 0.717) is 0 Å². The third kappa shape index (κ3) is 3.76. The molecule has 0 fully saturated rings. The summed E-state index contributed by atoms with van der Waals surface area (Å²) in [6, 6.07) is 0. The first-order chi connectivity index (χ1) is 2.41. The Bertz CT molecular complexity index is 48.9. The molecule has 0 saturated heterocycles. The fourth-order valence-corrected chi connectivity index (χ4v) is 0.141. The molecule has 0 amide bonds. The Balaban J connectivity index is 2.92. The zero-order valence-corrected chi connectivity index (χ0v) is 3.65. The Morgan fingerprint density at radius 1 is 1.80 bits per heavy atom. The largest absolute Gasteiger partial charge is 0.228 e. The monoisotopic (exact) mass is 87.0 g/mol. The van der Waals surface area contributed by atoms with Crippen LogP contribution in [-0.2, 0) is 0 Å². The maximum Gasteiger partial charge on any atom is 0.0342 e. The summed E-state index contributed by atoms with van der Waals surface area (Å²) in [7, 11) is 0. The molecule has 0 bridgehead atoms. The summed E-state index contributed by atoms with van der Waals surface area (Å²) in [4.78, 5) is 0. The van der Waals surface area contributed by atoms with Crippen molar-refractivity contribution in [1.29, 1.82) is 0 Å². The Morgan fingerprint density at radius 3 is 2.40 bits per heavy atom. The minimum absolute atomic E-state index is 1.50. The van der Waals surface area contributed by atoms with Crippen molar-refractivity contribution in [3.63, 3.8) is 0 Å². The van der Waals surface area contributed by atoms with Gasteiger partial charge in [-0.1, -0.05) is 12.7 Å². The summed E-state index contributed by atoms with van der Waals surface area (Å²) in [5.41, 5.74) is 0. The molecule has 0 atom stereocenters. The first kappa shape index (κ1) is 4.76. The summed E-state index contributed by atoms with van der Waals surface area (Å²) in [6.07, 6.45) is 3.07. The van der Waals surface area contributed by atoms with Crippen LogP contribution in [-0.4, -0.2) is 6.21 Å². The number of hydrogen-bond acceptors (Lipinski definition) is 2. The number of nitrogens with zero attached hydrogens (tertiary/aromatic N) is 1. The maximum atomic E-state index is 3.50. The van der Waals surface area contributed by atoms with Crippen molar-refractivity contribution < 1.29 is 0 Å². The molecule has 0 unspecified atom stereocenters. The molecule has 0 aliphatic carbocycles. The van der Waals surface area contributed by atoms with Gasteiger partial charge >= 0.3 is 0 Å². The van der Waals surface area contributed by atoms with E-state index < -0.39 is 0 Å². The van der Waals surface area contributed by atoms with Gasteiger partial charge in [0.05, 0.1) is 0 Å². The molecule has 0 heterocycles. The molecular formula is C3H5NS. The van der Waals surface area contributed by atoms with Crippen molar-refractivity contribution in [2.24, 2.45) is 4.40 Å². The Morgan fingerprint density at radius 2 is 2.40 bits per heavy atom. The van der Waals surface area contributed by atoms with Crippen LogP contribution in [0, 0.1) is 0 Å². The van der Waals surface area contributed by atoms with Gasteiger partial charge < -0.3 is 0 Å². The van der Waals surface area contributed by atoms with Gasteiger partial charge in [0.15, 0.2) is 0 Å². The lowest BCUT2D eigenvalue weighted by Crippen LogP contribution is -1.46. The summed E-state index contributed by atoms with van der Waals surface area (Å²) in [5.74, 6) is 0. The van der Waals surface area contributed by atoms with E-state index in [1.54, 1.807) is 6.08 Å². The molecule has 0 aromatic carbocycles. The van der Waals surface area contributed by atoms with E-state index >= 15 is 0 Å². The molecule has 2 heteroatoms. The van der Waals surface area contributed by atoms with Crippen LogP contribution in [0.1, 0.15) is 0 Å². The molecule has 0 aromatic rings. The minimum Gasteiger partial charge on any atom is -0.228 e. The van der Waals surface area contributed by atoms with E-state index in [1.165, 1.54) is 6.21 Å². The van der Waals surface area contributed by atoms with Crippen LogP contribution in [0.25, 0.3) is 0 Å². The number of allylic oxidation sites excluding steroid dienone is 1. The molecule has 1 nitrogen and oxygen atoms in total. The molecule has 0 aliphatic heterocycles. The van der Waals surface area contributed by atoms with Crippen molar-refractivity contribution in [3.05, 3.63) is 12.7 Å². The maximum absolute atomic E-state index is 3.50. The molecule has 0 rings (SSSR count). The standard InChI is InChI=1S/C3H5NS/c1-2-3-4-5/h2-3,5H,1H2. The summed E-state index contributed by atoms with van der Waals surface area (Å²) in [5, 5.41) is 0. The normalized spacial score (nSPS) is 9.00. The van der Waals surface area contributed by atoms with Crippen LogP contribution in [0.2, 0.25) is 0 Å². The summed E-state index contributed by atoms with van der Waals surface area (Å²) in [6.45, 7) is 3.35. The van der Waals surface area contributed by atoms with Crippen molar-refractivity contribution in [2.45, 2.75) is 0 Å². The van der Waals surface area contributed by atoms with Crippen LogP contribution in [0.5, 0.6) is 0 Å². The molecule has 0 aromatic heterocycles. The van der Waals surface area contributed by atoms with Gasteiger partial charge in [-0.25, -0.2) is 4.40 Å². The van der Waals surface area contributed by atoms with Crippen LogP contribution in [0.15, 0.2) is 17.1 Å². The average molecular weight is 87.1 g/mol. The topological polar surface area (TPSA) is 12.4 Å². The van der Waals surface area contributed by atoms with Gasteiger partial charge in [-0.05, 0) is 12.8 Å². The highest BCUT2D eigenvalue weighted by molar-refractivity contribution is 7.78. The second-order valence-electron chi connectivity index (χ2n) is 0.500. The molecule has 28 valence electrons. The lowest BCUT2D eigenvalue weighted by molar-refractivity contribution is 2.01. The molecular weight excluding hydrogens is 82.1 g/mol. The fraction of sp³-hybridized carbons (Fsp3) is 0. The molecule has 0 radical (unpaired) electrons. The van der Waals surface area contributed by atoms with Crippen molar-refractivity contribution in [2.75, 3.05) is 0 Å². The Kier molecular flexibility index (Phi) is 3.58. The molecule has 0 spiro atoms. The van der Waals surface area contributed by atoms with E-state index in [-0.39, 0.29) is 0 Å². The highest BCUT2D eigenvalue weighted by Gasteiger charge is 1.43.